The second-order valence-electron chi connectivity index (χ2n) is 4.61. The fraction of sp³-hybridized carbons (Fsp3) is 0.231. The van der Waals surface area contributed by atoms with Crippen LogP contribution in [0.2, 0.25) is 0 Å². The molecule has 7 heteroatoms. The average molecular weight is 309 g/mol. The highest BCUT2D eigenvalue weighted by Gasteiger charge is 2.25. The third kappa shape index (κ3) is 2.46. The SMILES string of the molecule is O=C(O)c1ccc(-c2nc3c(s2)CS(=O)(=O)CC3)cc1. The van der Waals surface area contributed by atoms with Crippen LogP contribution in [0.4, 0.5) is 0 Å². The lowest BCUT2D eigenvalue weighted by molar-refractivity contribution is 0.0697. The van der Waals surface area contributed by atoms with Gasteiger partial charge in [-0.3, -0.25) is 0 Å². The van der Waals surface area contributed by atoms with E-state index < -0.39 is 15.8 Å². The Balaban J connectivity index is 1.96. The van der Waals surface area contributed by atoms with Crippen molar-refractivity contribution < 1.29 is 18.3 Å². The number of aromatic nitrogens is 1. The minimum atomic E-state index is -2.99. The molecular formula is C13H11NO4S2. The van der Waals surface area contributed by atoms with Crippen LogP contribution in [-0.2, 0) is 22.0 Å². The fourth-order valence-electron chi connectivity index (χ4n) is 2.09. The maximum absolute atomic E-state index is 11.6. The molecule has 1 aromatic carbocycles. The van der Waals surface area contributed by atoms with Crippen LogP contribution in [-0.4, -0.2) is 30.2 Å². The third-order valence-electron chi connectivity index (χ3n) is 3.16. The lowest BCUT2D eigenvalue weighted by Gasteiger charge is -2.09. The quantitative estimate of drug-likeness (QED) is 0.917. The maximum Gasteiger partial charge on any atom is 0.335 e. The number of carboxylic acids is 1. The molecule has 20 heavy (non-hydrogen) atoms. The molecule has 0 amide bonds. The summed E-state index contributed by atoms with van der Waals surface area (Å²) in [5.41, 5.74) is 1.88. The summed E-state index contributed by atoms with van der Waals surface area (Å²) < 4.78 is 23.2. The molecule has 1 aliphatic heterocycles. The molecule has 2 heterocycles. The number of carboxylic acid groups (broad SMARTS) is 1. The highest BCUT2D eigenvalue weighted by atomic mass is 32.2. The normalized spacial score (nSPS) is 16.6. The van der Waals surface area contributed by atoms with Gasteiger partial charge >= 0.3 is 5.97 Å². The Hall–Kier alpha value is -1.73. The molecule has 104 valence electrons. The molecule has 1 N–H and O–H groups in total. The van der Waals surface area contributed by atoms with Gasteiger partial charge < -0.3 is 5.11 Å². The molecule has 0 unspecified atom stereocenters. The largest absolute Gasteiger partial charge is 0.478 e. The van der Waals surface area contributed by atoms with E-state index in [1.54, 1.807) is 12.1 Å². The first kappa shape index (κ1) is 13.3. The number of hydrogen-bond acceptors (Lipinski definition) is 5. The molecule has 0 atom stereocenters. The van der Waals surface area contributed by atoms with E-state index in [0.29, 0.717) is 6.42 Å². The van der Waals surface area contributed by atoms with Gasteiger partial charge in [-0.25, -0.2) is 18.2 Å². The van der Waals surface area contributed by atoms with E-state index in [4.69, 9.17) is 5.11 Å². The van der Waals surface area contributed by atoms with E-state index in [1.807, 2.05) is 0 Å². The Morgan fingerprint density at radius 2 is 1.95 bits per heavy atom. The molecule has 5 nitrogen and oxygen atoms in total. The van der Waals surface area contributed by atoms with Gasteiger partial charge in [0.25, 0.3) is 0 Å². The lowest BCUT2D eigenvalue weighted by Crippen LogP contribution is -2.17. The van der Waals surface area contributed by atoms with Crippen molar-refractivity contribution in [2.75, 3.05) is 5.75 Å². The second-order valence-corrected chi connectivity index (χ2v) is 7.88. The standard InChI is InChI=1S/C13H11NO4S2/c15-13(16)9-3-1-8(2-4-9)12-14-10-5-6-20(17,18)7-11(10)19-12/h1-4H,5-7H2,(H,15,16). The third-order valence-corrected chi connectivity index (χ3v) is 6.04. The number of aryl methyl sites for hydroxylation is 1. The maximum atomic E-state index is 11.6. The number of carbonyl (C=O) groups is 1. The Morgan fingerprint density at radius 1 is 1.25 bits per heavy atom. The minimum absolute atomic E-state index is 0.0627. The molecule has 0 saturated heterocycles. The Morgan fingerprint density at radius 3 is 2.60 bits per heavy atom. The Labute approximate surface area is 119 Å². The smallest absolute Gasteiger partial charge is 0.335 e. The summed E-state index contributed by atoms with van der Waals surface area (Å²) in [6.45, 7) is 0. The van der Waals surface area contributed by atoms with Gasteiger partial charge in [0.2, 0.25) is 0 Å². The zero-order valence-corrected chi connectivity index (χ0v) is 12.0. The number of fused-ring (bicyclic) bond motifs is 1. The Bertz CT molecular complexity index is 775. The molecule has 1 aromatic heterocycles. The van der Waals surface area contributed by atoms with Crippen molar-refractivity contribution in [1.29, 1.82) is 0 Å². The van der Waals surface area contributed by atoms with Gasteiger partial charge in [-0.05, 0) is 12.1 Å². The summed E-state index contributed by atoms with van der Waals surface area (Å²) in [5, 5.41) is 9.60. The molecule has 3 rings (SSSR count). The molecule has 0 aliphatic carbocycles. The molecule has 0 saturated carbocycles. The first-order valence-electron chi connectivity index (χ1n) is 5.97. The zero-order valence-electron chi connectivity index (χ0n) is 10.4. The second kappa shape index (κ2) is 4.68. The monoisotopic (exact) mass is 309 g/mol. The van der Waals surface area contributed by atoms with Crippen molar-refractivity contribution in [3.8, 4) is 10.6 Å². The number of hydrogen-bond donors (Lipinski definition) is 1. The highest BCUT2D eigenvalue weighted by molar-refractivity contribution is 7.90. The zero-order chi connectivity index (χ0) is 14.3. The van der Waals surface area contributed by atoms with Crippen molar-refractivity contribution >= 4 is 27.1 Å². The van der Waals surface area contributed by atoms with Crippen LogP contribution in [0.5, 0.6) is 0 Å². The van der Waals surface area contributed by atoms with Crippen LogP contribution in [0.1, 0.15) is 20.9 Å². The average Bonchev–Trinajstić information content (AvgIpc) is 2.80. The van der Waals surface area contributed by atoms with Gasteiger partial charge in [0.05, 0.1) is 22.8 Å². The number of aromatic carboxylic acids is 1. The van der Waals surface area contributed by atoms with Crippen molar-refractivity contribution in [1.82, 2.24) is 4.98 Å². The van der Waals surface area contributed by atoms with Gasteiger partial charge in [0.1, 0.15) is 5.01 Å². The lowest BCUT2D eigenvalue weighted by atomic mass is 10.1. The van der Waals surface area contributed by atoms with E-state index in [2.05, 4.69) is 4.98 Å². The van der Waals surface area contributed by atoms with Crippen LogP contribution in [0.3, 0.4) is 0 Å². The first-order chi connectivity index (χ1) is 9.44. The highest BCUT2D eigenvalue weighted by Crippen LogP contribution is 2.32. The molecule has 2 aromatic rings. The van der Waals surface area contributed by atoms with Gasteiger partial charge in [-0.1, -0.05) is 12.1 Å². The van der Waals surface area contributed by atoms with Gasteiger partial charge in [0, 0.05) is 16.9 Å². The van der Waals surface area contributed by atoms with E-state index in [1.165, 1.54) is 23.5 Å². The van der Waals surface area contributed by atoms with Crippen molar-refractivity contribution in [2.45, 2.75) is 12.2 Å². The molecule has 0 spiro atoms. The molecule has 0 radical (unpaired) electrons. The summed E-state index contributed by atoms with van der Waals surface area (Å²) >= 11 is 1.37. The van der Waals surface area contributed by atoms with E-state index >= 15 is 0 Å². The minimum Gasteiger partial charge on any atom is -0.478 e. The van der Waals surface area contributed by atoms with Crippen LogP contribution in [0.15, 0.2) is 24.3 Å². The number of sulfone groups is 1. The summed E-state index contributed by atoms with van der Waals surface area (Å²) in [6, 6.07) is 6.44. The number of thiazole rings is 1. The van der Waals surface area contributed by atoms with E-state index in [9.17, 15) is 13.2 Å². The first-order valence-corrected chi connectivity index (χ1v) is 8.61. The van der Waals surface area contributed by atoms with Gasteiger partial charge in [-0.2, -0.15) is 0 Å². The predicted octanol–water partition coefficient (Wildman–Crippen LogP) is 1.98. The molecule has 1 aliphatic rings. The van der Waals surface area contributed by atoms with Crippen LogP contribution in [0.25, 0.3) is 10.6 Å². The predicted molar refractivity (Wildman–Crippen MR) is 75.7 cm³/mol. The van der Waals surface area contributed by atoms with Crippen LogP contribution < -0.4 is 0 Å². The molecular weight excluding hydrogens is 298 g/mol. The number of benzene rings is 1. The van der Waals surface area contributed by atoms with Gasteiger partial charge in [-0.15, -0.1) is 11.3 Å². The number of nitrogens with zero attached hydrogens (tertiary/aromatic N) is 1. The number of rotatable bonds is 2. The van der Waals surface area contributed by atoms with E-state index in [-0.39, 0.29) is 17.1 Å². The van der Waals surface area contributed by atoms with Crippen LogP contribution >= 0.6 is 11.3 Å². The Kier molecular flexibility index (Phi) is 3.10. The molecule has 0 bridgehead atoms. The van der Waals surface area contributed by atoms with Crippen LogP contribution in [0, 0.1) is 0 Å². The summed E-state index contributed by atoms with van der Waals surface area (Å²) in [7, 11) is -2.99. The molecule has 0 fully saturated rings. The topological polar surface area (TPSA) is 84.3 Å². The fourth-order valence-corrected chi connectivity index (χ4v) is 4.99. The van der Waals surface area contributed by atoms with Crippen molar-refractivity contribution in [2.24, 2.45) is 0 Å². The van der Waals surface area contributed by atoms with E-state index in [0.717, 1.165) is 21.1 Å². The summed E-state index contributed by atoms with van der Waals surface area (Å²) in [4.78, 5) is 16.1. The summed E-state index contributed by atoms with van der Waals surface area (Å²) in [6.07, 6.45) is 0.460. The van der Waals surface area contributed by atoms with Gasteiger partial charge in [0.15, 0.2) is 9.84 Å². The van der Waals surface area contributed by atoms with Crippen molar-refractivity contribution in [3.05, 3.63) is 40.4 Å². The van der Waals surface area contributed by atoms with Crippen molar-refractivity contribution in [3.63, 3.8) is 0 Å². The summed E-state index contributed by atoms with van der Waals surface area (Å²) in [5.74, 6) is -0.755.